The van der Waals surface area contributed by atoms with Crippen molar-refractivity contribution in [1.29, 1.82) is 0 Å². The number of hydrogen-bond acceptors (Lipinski definition) is 1. The molecule has 1 heterocycles. The zero-order valence-electron chi connectivity index (χ0n) is 7.16. The second-order valence-corrected chi connectivity index (χ2v) is 3.45. The van der Waals surface area contributed by atoms with Gasteiger partial charge >= 0.3 is 0 Å². The summed E-state index contributed by atoms with van der Waals surface area (Å²) in [5.41, 5.74) is 1.94. The van der Waals surface area contributed by atoms with Crippen LogP contribution in [-0.2, 0) is 6.54 Å². The molecular formula is C10H10ClNO. The Morgan fingerprint density at radius 1 is 1.38 bits per heavy atom. The standard InChI is InChI=1S/C10H10ClNO/c11-5-6-12-7-8-3-1-2-4-9(8)10(12)13/h1-4H,5-7H2. The number of benzene rings is 1. The van der Waals surface area contributed by atoms with Gasteiger partial charge in [-0.3, -0.25) is 4.79 Å². The zero-order valence-corrected chi connectivity index (χ0v) is 7.92. The van der Waals surface area contributed by atoms with E-state index in [2.05, 4.69) is 0 Å². The molecular weight excluding hydrogens is 186 g/mol. The van der Waals surface area contributed by atoms with Gasteiger partial charge in [-0.1, -0.05) is 18.2 Å². The summed E-state index contributed by atoms with van der Waals surface area (Å²) >= 11 is 5.60. The highest BCUT2D eigenvalue weighted by Gasteiger charge is 2.25. The molecule has 3 heteroatoms. The Hall–Kier alpha value is -1.02. The molecule has 0 spiro atoms. The first-order valence-corrected chi connectivity index (χ1v) is 4.79. The van der Waals surface area contributed by atoms with E-state index in [1.165, 1.54) is 0 Å². The number of carbonyl (C=O) groups is 1. The summed E-state index contributed by atoms with van der Waals surface area (Å²) in [6, 6.07) is 7.70. The fourth-order valence-electron chi connectivity index (χ4n) is 1.60. The minimum Gasteiger partial charge on any atom is -0.333 e. The van der Waals surface area contributed by atoms with E-state index in [0.29, 0.717) is 19.0 Å². The molecule has 2 nitrogen and oxygen atoms in total. The van der Waals surface area contributed by atoms with Crippen molar-refractivity contribution < 1.29 is 4.79 Å². The highest BCUT2D eigenvalue weighted by Crippen LogP contribution is 2.21. The summed E-state index contributed by atoms with van der Waals surface area (Å²) < 4.78 is 0. The molecule has 0 radical (unpaired) electrons. The summed E-state index contributed by atoms with van der Waals surface area (Å²) in [5, 5.41) is 0. The first kappa shape index (κ1) is 8.57. The lowest BCUT2D eigenvalue weighted by Gasteiger charge is -2.12. The minimum atomic E-state index is 0.108. The fraction of sp³-hybridized carbons (Fsp3) is 0.300. The number of halogens is 1. The number of alkyl halides is 1. The second kappa shape index (κ2) is 3.38. The van der Waals surface area contributed by atoms with E-state index in [1.807, 2.05) is 24.3 Å². The van der Waals surface area contributed by atoms with Crippen LogP contribution in [0.15, 0.2) is 24.3 Å². The van der Waals surface area contributed by atoms with Crippen LogP contribution in [-0.4, -0.2) is 23.2 Å². The van der Waals surface area contributed by atoms with Crippen molar-refractivity contribution in [2.24, 2.45) is 0 Å². The van der Waals surface area contributed by atoms with E-state index in [4.69, 9.17) is 11.6 Å². The Morgan fingerprint density at radius 2 is 2.15 bits per heavy atom. The van der Waals surface area contributed by atoms with Crippen molar-refractivity contribution in [3.8, 4) is 0 Å². The predicted molar refractivity (Wildman–Crippen MR) is 51.9 cm³/mol. The molecule has 0 N–H and O–H groups in total. The maximum Gasteiger partial charge on any atom is 0.254 e. The predicted octanol–water partition coefficient (Wildman–Crippen LogP) is 1.88. The molecule has 1 aliphatic heterocycles. The molecule has 0 saturated heterocycles. The van der Waals surface area contributed by atoms with Crippen LogP contribution in [0.3, 0.4) is 0 Å². The lowest BCUT2D eigenvalue weighted by Crippen LogP contribution is -2.25. The van der Waals surface area contributed by atoms with Crippen molar-refractivity contribution in [3.63, 3.8) is 0 Å². The maximum absolute atomic E-state index is 11.7. The Balaban J connectivity index is 2.28. The highest BCUT2D eigenvalue weighted by atomic mass is 35.5. The van der Waals surface area contributed by atoms with Crippen LogP contribution < -0.4 is 0 Å². The third-order valence-electron chi connectivity index (χ3n) is 2.25. The normalized spacial score (nSPS) is 14.8. The smallest absolute Gasteiger partial charge is 0.254 e. The number of fused-ring (bicyclic) bond motifs is 1. The van der Waals surface area contributed by atoms with Crippen molar-refractivity contribution in [2.75, 3.05) is 12.4 Å². The van der Waals surface area contributed by atoms with Gasteiger partial charge < -0.3 is 4.90 Å². The molecule has 68 valence electrons. The van der Waals surface area contributed by atoms with Crippen LogP contribution in [0.25, 0.3) is 0 Å². The molecule has 1 aromatic carbocycles. The van der Waals surface area contributed by atoms with Gasteiger partial charge in [-0.05, 0) is 11.6 Å². The first-order chi connectivity index (χ1) is 6.33. The largest absolute Gasteiger partial charge is 0.333 e. The van der Waals surface area contributed by atoms with Crippen molar-refractivity contribution >= 4 is 17.5 Å². The molecule has 1 amide bonds. The molecule has 0 unspecified atom stereocenters. The lowest BCUT2D eigenvalue weighted by atomic mass is 10.1. The number of carbonyl (C=O) groups excluding carboxylic acids is 1. The van der Waals surface area contributed by atoms with Crippen LogP contribution in [0.5, 0.6) is 0 Å². The van der Waals surface area contributed by atoms with E-state index in [1.54, 1.807) is 4.90 Å². The average Bonchev–Trinajstić information content (AvgIpc) is 2.46. The zero-order chi connectivity index (χ0) is 9.26. The Labute approximate surface area is 82.1 Å². The Morgan fingerprint density at radius 3 is 2.85 bits per heavy atom. The number of amides is 1. The second-order valence-electron chi connectivity index (χ2n) is 3.07. The van der Waals surface area contributed by atoms with E-state index in [0.717, 1.165) is 11.1 Å². The quantitative estimate of drug-likeness (QED) is 0.660. The Kier molecular flexibility index (Phi) is 2.23. The molecule has 0 atom stereocenters. The van der Waals surface area contributed by atoms with Gasteiger partial charge in [-0.2, -0.15) is 0 Å². The molecule has 13 heavy (non-hydrogen) atoms. The van der Waals surface area contributed by atoms with Crippen molar-refractivity contribution in [1.82, 2.24) is 4.90 Å². The van der Waals surface area contributed by atoms with Crippen LogP contribution >= 0.6 is 11.6 Å². The van der Waals surface area contributed by atoms with Gasteiger partial charge in [0.25, 0.3) is 5.91 Å². The molecule has 1 aromatic rings. The minimum absolute atomic E-state index is 0.108. The van der Waals surface area contributed by atoms with E-state index >= 15 is 0 Å². The van der Waals surface area contributed by atoms with E-state index in [9.17, 15) is 4.79 Å². The summed E-state index contributed by atoms with van der Waals surface area (Å²) in [6.45, 7) is 1.34. The number of nitrogens with zero attached hydrogens (tertiary/aromatic N) is 1. The van der Waals surface area contributed by atoms with Gasteiger partial charge in [0.1, 0.15) is 0 Å². The molecule has 0 bridgehead atoms. The molecule has 0 aromatic heterocycles. The first-order valence-electron chi connectivity index (χ1n) is 4.26. The summed E-state index contributed by atoms with van der Waals surface area (Å²) in [6.07, 6.45) is 0. The van der Waals surface area contributed by atoms with E-state index < -0.39 is 0 Å². The van der Waals surface area contributed by atoms with Gasteiger partial charge in [0.15, 0.2) is 0 Å². The maximum atomic E-state index is 11.7. The van der Waals surface area contributed by atoms with Crippen molar-refractivity contribution in [2.45, 2.75) is 6.54 Å². The van der Waals surface area contributed by atoms with Gasteiger partial charge in [0, 0.05) is 24.5 Å². The van der Waals surface area contributed by atoms with Gasteiger partial charge in [0.2, 0.25) is 0 Å². The van der Waals surface area contributed by atoms with Gasteiger partial charge in [0.05, 0.1) is 0 Å². The SMILES string of the molecule is O=C1c2ccccc2CN1CCCl. The van der Waals surface area contributed by atoms with Gasteiger partial charge in [-0.15, -0.1) is 11.6 Å². The van der Waals surface area contributed by atoms with Crippen LogP contribution in [0.1, 0.15) is 15.9 Å². The molecule has 1 aliphatic rings. The van der Waals surface area contributed by atoms with Crippen LogP contribution in [0, 0.1) is 0 Å². The molecule has 0 aliphatic carbocycles. The highest BCUT2D eigenvalue weighted by molar-refractivity contribution is 6.18. The van der Waals surface area contributed by atoms with Crippen LogP contribution in [0.2, 0.25) is 0 Å². The molecule has 2 rings (SSSR count). The average molecular weight is 196 g/mol. The third kappa shape index (κ3) is 1.42. The van der Waals surface area contributed by atoms with Crippen LogP contribution in [0.4, 0.5) is 0 Å². The fourth-order valence-corrected chi connectivity index (χ4v) is 1.80. The van der Waals surface area contributed by atoms with E-state index in [-0.39, 0.29) is 5.91 Å². The number of rotatable bonds is 2. The summed E-state index contributed by atoms with van der Waals surface area (Å²) in [5.74, 6) is 0.607. The lowest BCUT2D eigenvalue weighted by molar-refractivity contribution is 0.0788. The summed E-state index contributed by atoms with van der Waals surface area (Å²) in [4.78, 5) is 13.4. The third-order valence-corrected chi connectivity index (χ3v) is 2.42. The Bertz CT molecular complexity index is 337. The van der Waals surface area contributed by atoms with Crippen molar-refractivity contribution in [3.05, 3.63) is 35.4 Å². The topological polar surface area (TPSA) is 20.3 Å². The van der Waals surface area contributed by atoms with Gasteiger partial charge in [-0.25, -0.2) is 0 Å². The molecule has 0 saturated carbocycles. The number of hydrogen-bond donors (Lipinski definition) is 0. The summed E-state index contributed by atoms with van der Waals surface area (Å²) in [7, 11) is 0. The monoisotopic (exact) mass is 195 g/mol. The molecule has 0 fully saturated rings.